The number of ether oxygens (including phenoxy) is 6. The third-order valence-corrected chi connectivity index (χ3v) is 6.59. The fourth-order valence-electron chi connectivity index (χ4n) is 4.72. The summed E-state index contributed by atoms with van der Waals surface area (Å²) in [6, 6.07) is 12.0. The van der Waals surface area contributed by atoms with Crippen LogP contribution in [0.5, 0.6) is 28.7 Å². The lowest BCUT2D eigenvalue weighted by atomic mass is 9.74. The van der Waals surface area contributed by atoms with Gasteiger partial charge in [-0.25, -0.2) is 0 Å². The molecule has 38 heavy (non-hydrogen) atoms. The van der Waals surface area contributed by atoms with Gasteiger partial charge < -0.3 is 28.4 Å². The predicted octanol–water partition coefficient (Wildman–Crippen LogP) is 4.77. The van der Waals surface area contributed by atoms with Crippen LogP contribution in [0, 0.1) is 17.9 Å². The molecule has 9 nitrogen and oxygen atoms in total. The van der Waals surface area contributed by atoms with Crippen molar-refractivity contribution < 1.29 is 38.4 Å². The van der Waals surface area contributed by atoms with Gasteiger partial charge in [0, 0.05) is 31.4 Å². The molecule has 2 atom stereocenters. The lowest BCUT2D eigenvalue weighted by molar-refractivity contribution is -0.151. The van der Waals surface area contributed by atoms with E-state index in [9.17, 15) is 10.0 Å². The Bertz CT molecular complexity index is 1150. The summed E-state index contributed by atoms with van der Waals surface area (Å²) in [5.41, 5.74) is 0.654. The molecule has 0 spiro atoms. The van der Waals surface area contributed by atoms with E-state index in [0.717, 1.165) is 17.5 Å². The first-order valence-electron chi connectivity index (χ1n) is 12.7. The Hall–Kier alpha value is -3.61. The van der Waals surface area contributed by atoms with Crippen LogP contribution >= 0.6 is 0 Å². The molecule has 0 saturated carbocycles. The third-order valence-electron chi connectivity index (χ3n) is 6.59. The van der Waals surface area contributed by atoms with Gasteiger partial charge in [0.25, 0.3) is 5.91 Å². The summed E-state index contributed by atoms with van der Waals surface area (Å²) in [6.45, 7) is 4.74. The lowest BCUT2D eigenvalue weighted by Gasteiger charge is -2.36. The standard InChI is InChI=1S/C29H37NO8/c1-7-15-37-23-12-11-21(17-24(23)33-3)29(22-18-25(34-4)28(36-6)26(19-22)35-5)20(13-16-38-29)10-9-14-30(32)27(31)8-2/h11-12,17-20,32H,7-8,10,13,15-16H2,1-6H3. The molecule has 0 aromatic heterocycles. The molecule has 2 unspecified atom stereocenters. The van der Waals surface area contributed by atoms with Gasteiger partial charge in [-0.15, -0.1) is 5.06 Å². The summed E-state index contributed by atoms with van der Waals surface area (Å²) < 4.78 is 35.0. The molecule has 1 aliphatic rings. The first kappa shape index (κ1) is 29.0. The zero-order chi connectivity index (χ0) is 27.7. The summed E-state index contributed by atoms with van der Waals surface area (Å²) in [6.07, 6.45) is 2.06. The zero-order valence-electron chi connectivity index (χ0n) is 23.0. The van der Waals surface area contributed by atoms with Crippen molar-refractivity contribution >= 4 is 5.91 Å². The van der Waals surface area contributed by atoms with Crippen LogP contribution in [-0.4, -0.2) is 57.8 Å². The van der Waals surface area contributed by atoms with Crippen LogP contribution < -0.4 is 23.7 Å². The first-order chi connectivity index (χ1) is 18.4. The van der Waals surface area contributed by atoms with E-state index < -0.39 is 11.5 Å². The van der Waals surface area contributed by atoms with Gasteiger partial charge >= 0.3 is 0 Å². The SMILES string of the molecule is CCCOc1ccc(C2(c3cc(OC)c(OC)c(OC)c3)OCCC2CC#CN(O)C(=O)CC)cc1OC. The molecule has 1 saturated heterocycles. The van der Waals surface area contributed by atoms with Crippen LogP contribution in [0.3, 0.4) is 0 Å². The Morgan fingerprint density at radius 2 is 1.66 bits per heavy atom. The number of rotatable bonds is 11. The maximum atomic E-state index is 11.8. The van der Waals surface area contributed by atoms with Crippen LogP contribution in [0.15, 0.2) is 30.3 Å². The van der Waals surface area contributed by atoms with Crippen LogP contribution in [0.25, 0.3) is 0 Å². The Kier molecular flexibility index (Phi) is 10.1. The number of methoxy groups -OCH3 is 4. The molecule has 9 heteroatoms. The molecule has 1 aliphatic heterocycles. The Morgan fingerprint density at radius 3 is 2.24 bits per heavy atom. The van der Waals surface area contributed by atoms with Crippen molar-refractivity contribution in [3.05, 3.63) is 41.5 Å². The number of carbonyl (C=O) groups excluding carboxylic acids is 1. The van der Waals surface area contributed by atoms with Crippen LogP contribution in [-0.2, 0) is 15.1 Å². The van der Waals surface area contributed by atoms with Gasteiger partial charge in [-0.2, -0.15) is 0 Å². The van der Waals surface area contributed by atoms with E-state index in [4.69, 9.17) is 28.4 Å². The van der Waals surface area contributed by atoms with Gasteiger partial charge in [0.05, 0.1) is 35.0 Å². The van der Waals surface area contributed by atoms with Crippen molar-refractivity contribution in [3.8, 4) is 40.7 Å². The Morgan fingerprint density at radius 1 is 1.00 bits per heavy atom. The van der Waals surface area contributed by atoms with Crippen molar-refractivity contribution in [1.29, 1.82) is 0 Å². The van der Waals surface area contributed by atoms with Gasteiger partial charge in [0.2, 0.25) is 5.75 Å². The molecule has 2 aromatic carbocycles. The van der Waals surface area contributed by atoms with Gasteiger partial charge in [-0.05, 0) is 48.2 Å². The molecule has 0 aliphatic carbocycles. The van der Waals surface area contributed by atoms with Gasteiger partial charge in [-0.1, -0.05) is 25.8 Å². The Labute approximate surface area is 224 Å². The number of benzene rings is 2. The molecule has 1 amide bonds. The fourth-order valence-corrected chi connectivity index (χ4v) is 4.72. The lowest BCUT2D eigenvalue weighted by Crippen LogP contribution is -2.34. The molecule has 0 radical (unpaired) electrons. The fraction of sp³-hybridized carbons (Fsp3) is 0.483. The Balaban J connectivity index is 2.19. The number of carbonyl (C=O) groups is 1. The summed E-state index contributed by atoms with van der Waals surface area (Å²) in [7, 11) is 6.28. The van der Waals surface area contributed by atoms with Crippen LogP contribution in [0.4, 0.5) is 0 Å². The highest BCUT2D eigenvalue weighted by molar-refractivity contribution is 5.76. The molecular weight excluding hydrogens is 490 g/mol. The predicted molar refractivity (Wildman–Crippen MR) is 141 cm³/mol. The third kappa shape index (κ3) is 5.77. The van der Waals surface area contributed by atoms with E-state index in [-0.39, 0.29) is 12.3 Å². The average molecular weight is 528 g/mol. The highest BCUT2D eigenvalue weighted by Crippen LogP contribution is 2.52. The minimum Gasteiger partial charge on any atom is -0.493 e. The number of amides is 1. The smallest absolute Gasteiger partial charge is 0.257 e. The second-order valence-electron chi connectivity index (χ2n) is 8.75. The van der Waals surface area contributed by atoms with Crippen molar-refractivity contribution in [3.63, 3.8) is 0 Å². The molecule has 1 heterocycles. The molecule has 3 rings (SSSR count). The van der Waals surface area contributed by atoms with Crippen LogP contribution in [0.2, 0.25) is 0 Å². The molecule has 2 aromatic rings. The second-order valence-corrected chi connectivity index (χ2v) is 8.75. The number of hydrogen-bond donors (Lipinski definition) is 1. The topological polar surface area (TPSA) is 95.9 Å². The minimum atomic E-state index is -0.965. The molecule has 0 bridgehead atoms. The largest absolute Gasteiger partial charge is 0.493 e. The quantitative estimate of drug-likeness (QED) is 0.193. The van der Waals surface area contributed by atoms with E-state index in [2.05, 4.69) is 12.0 Å². The molecule has 206 valence electrons. The average Bonchev–Trinajstić information content (AvgIpc) is 3.38. The second kappa shape index (κ2) is 13.3. The highest BCUT2D eigenvalue weighted by atomic mass is 16.5. The van der Waals surface area contributed by atoms with Crippen LogP contribution in [0.1, 0.15) is 50.7 Å². The maximum Gasteiger partial charge on any atom is 0.257 e. The van der Waals surface area contributed by atoms with Crippen molar-refractivity contribution in [1.82, 2.24) is 5.06 Å². The summed E-state index contributed by atoms with van der Waals surface area (Å²) >= 11 is 0. The normalized spacial score (nSPS) is 18.2. The first-order valence-corrected chi connectivity index (χ1v) is 12.7. The van der Waals surface area contributed by atoms with Gasteiger partial charge in [-0.3, -0.25) is 10.0 Å². The van der Waals surface area contributed by atoms with E-state index in [1.807, 2.05) is 37.3 Å². The zero-order valence-corrected chi connectivity index (χ0v) is 23.0. The number of hydrogen-bond acceptors (Lipinski definition) is 8. The van der Waals surface area contributed by atoms with E-state index >= 15 is 0 Å². The van der Waals surface area contributed by atoms with Gasteiger partial charge in [0.1, 0.15) is 5.60 Å². The minimum absolute atomic E-state index is 0.143. The monoisotopic (exact) mass is 527 g/mol. The summed E-state index contributed by atoms with van der Waals surface area (Å²) in [4.78, 5) is 11.8. The van der Waals surface area contributed by atoms with Crippen molar-refractivity contribution in [2.24, 2.45) is 5.92 Å². The van der Waals surface area contributed by atoms with Crippen molar-refractivity contribution in [2.75, 3.05) is 41.7 Å². The molecule has 1 fully saturated rings. The molecule has 1 N–H and O–H groups in total. The van der Waals surface area contributed by atoms with Gasteiger partial charge in [0.15, 0.2) is 23.0 Å². The number of nitrogens with zero attached hydrogens (tertiary/aromatic N) is 1. The van der Waals surface area contributed by atoms with E-state index in [1.165, 1.54) is 0 Å². The summed E-state index contributed by atoms with van der Waals surface area (Å²) in [5.74, 6) is 5.03. The van der Waals surface area contributed by atoms with E-state index in [1.54, 1.807) is 35.4 Å². The van der Waals surface area contributed by atoms with E-state index in [0.29, 0.717) is 59.9 Å². The maximum absolute atomic E-state index is 11.8. The van der Waals surface area contributed by atoms with Crippen molar-refractivity contribution in [2.45, 2.75) is 45.1 Å². The number of hydroxylamine groups is 2. The molecular formula is C29H37NO8. The highest BCUT2D eigenvalue weighted by Gasteiger charge is 2.48. The summed E-state index contributed by atoms with van der Waals surface area (Å²) in [5, 5.41) is 10.4.